The monoisotopic (exact) mass is 318 g/mol. The molecule has 0 atom stereocenters. The maximum absolute atomic E-state index is 5.72. The number of hydrogen-bond acceptors (Lipinski definition) is 2. The van der Waals surface area contributed by atoms with Gasteiger partial charge in [-0.1, -0.05) is 38.1 Å². The zero-order valence-electron chi connectivity index (χ0n) is 11.3. The summed E-state index contributed by atoms with van der Waals surface area (Å²) in [5.41, 5.74) is 10.2. The number of halogens is 1. The van der Waals surface area contributed by atoms with Gasteiger partial charge in [0.05, 0.1) is 0 Å². The van der Waals surface area contributed by atoms with Crippen LogP contribution in [-0.2, 0) is 6.54 Å². The van der Waals surface area contributed by atoms with E-state index in [1.807, 2.05) is 18.2 Å². The van der Waals surface area contributed by atoms with Gasteiger partial charge in [0.2, 0.25) is 0 Å². The first-order valence-electron chi connectivity index (χ1n) is 6.44. The van der Waals surface area contributed by atoms with Gasteiger partial charge in [-0.25, -0.2) is 0 Å². The Labute approximate surface area is 123 Å². The molecule has 0 aliphatic heterocycles. The fourth-order valence-electron chi connectivity index (χ4n) is 1.89. The molecule has 2 aromatic rings. The third-order valence-electron chi connectivity index (χ3n) is 3.12. The van der Waals surface area contributed by atoms with E-state index in [-0.39, 0.29) is 0 Å². The molecule has 0 fully saturated rings. The van der Waals surface area contributed by atoms with Crippen LogP contribution in [0, 0.1) is 0 Å². The molecule has 0 aromatic heterocycles. The zero-order chi connectivity index (χ0) is 13.8. The van der Waals surface area contributed by atoms with Crippen LogP contribution in [0.3, 0.4) is 0 Å². The second-order valence-electron chi connectivity index (χ2n) is 4.99. The van der Waals surface area contributed by atoms with Crippen LogP contribution in [-0.4, -0.2) is 0 Å². The van der Waals surface area contributed by atoms with Crippen LogP contribution in [0.4, 0.5) is 11.4 Å². The highest BCUT2D eigenvalue weighted by atomic mass is 79.9. The van der Waals surface area contributed by atoms with Crippen molar-refractivity contribution in [1.82, 2.24) is 0 Å². The second kappa shape index (κ2) is 6.11. The lowest BCUT2D eigenvalue weighted by molar-refractivity contribution is 0.865. The maximum Gasteiger partial charge on any atom is 0.0488 e. The SMILES string of the molecule is CC(C)c1ccc(CNc2ccc(N)cc2Br)cc1. The molecule has 0 spiro atoms. The quantitative estimate of drug-likeness (QED) is 0.797. The summed E-state index contributed by atoms with van der Waals surface area (Å²) in [5.74, 6) is 0.577. The first-order chi connectivity index (χ1) is 9.06. The Morgan fingerprint density at radius 3 is 2.37 bits per heavy atom. The van der Waals surface area contributed by atoms with Gasteiger partial charge in [0.25, 0.3) is 0 Å². The fraction of sp³-hybridized carbons (Fsp3) is 0.250. The number of hydrogen-bond donors (Lipinski definition) is 2. The van der Waals surface area contributed by atoms with Gasteiger partial charge in [-0.05, 0) is 51.2 Å². The summed E-state index contributed by atoms with van der Waals surface area (Å²) in [6.07, 6.45) is 0. The molecule has 0 unspecified atom stereocenters. The summed E-state index contributed by atoms with van der Waals surface area (Å²) in [7, 11) is 0. The number of nitrogens with one attached hydrogen (secondary N) is 1. The van der Waals surface area contributed by atoms with Crippen molar-refractivity contribution in [3.63, 3.8) is 0 Å². The average molecular weight is 319 g/mol. The molecular weight excluding hydrogens is 300 g/mol. The average Bonchev–Trinajstić information content (AvgIpc) is 2.38. The van der Waals surface area contributed by atoms with Crippen molar-refractivity contribution < 1.29 is 0 Å². The fourth-order valence-corrected chi connectivity index (χ4v) is 2.43. The first kappa shape index (κ1) is 13.9. The number of rotatable bonds is 4. The molecule has 2 rings (SSSR count). The number of nitrogen functional groups attached to an aromatic ring is 1. The smallest absolute Gasteiger partial charge is 0.0488 e. The third-order valence-corrected chi connectivity index (χ3v) is 3.78. The van der Waals surface area contributed by atoms with E-state index >= 15 is 0 Å². The number of benzene rings is 2. The van der Waals surface area contributed by atoms with E-state index < -0.39 is 0 Å². The predicted octanol–water partition coefficient (Wildman–Crippen LogP) is 4.77. The minimum Gasteiger partial charge on any atom is -0.399 e. The van der Waals surface area contributed by atoms with Gasteiger partial charge < -0.3 is 11.1 Å². The lowest BCUT2D eigenvalue weighted by Gasteiger charge is -2.10. The van der Waals surface area contributed by atoms with Crippen molar-refractivity contribution in [2.24, 2.45) is 0 Å². The lowest BCUT2D eigenvalue weighted by atomic mass is 10.0. The molecule has 0 saturated carbocycles. The predicted molar refractivity (Wildman–Crippen MR) is 86.4 cm³/mol. The van der Waals surface area contributed by atoms with Crippen molar-refractivity contribution in [1.29, 1.82) is 0 Å². The molecule has 0 radical (unpaired) electrons. The van der Waals surface area contributed by atoms with Gasteiger partial charge in [0.15, 0.2) is 0 Å². The Hall–Kier alpha value is -1.48. The van der Waals surface area contributed by atoms with Gasteiger partial charge in [0.1, 0.15) is 0 Å². The minimum atomic E-state index is 0.577. The van der Waals surface area contributed by atoms with Gasteiger partial charge in [-0.2, -0.15) is 0 Å². The topological polar surface area (TPSA) is 38.0 Å². The molecular formula is C16H19BrN2. The summed E-state index contributed by atoms with van der Waals surface area (Å²) >= 11 is 3.51. The Morgan fingerprint density at radius 2 is 1.79 bits per heavy atom. The lowest BCUT2D eigenvalue weighted by Crippen LogP contribution is -2.01. The normalized spacial score (nSPS) is 10.7. The van der Waals surface area contributed by atoms with Crippen LogP contribution < -0.4 is 11.1 Å². The molecule has 3 N–H and O–H groups in total. The van der Waals surface area contributed by atoms with Crippen LogP contribution in [0.2, 0.25) is 0 Å². The molecule has 100 valence electrons. The molecule has 0 bridgehead atoms. The van der Waals surface area contributed by atoms with Crippen molar-refractivity contribution in [2.45, 2.75) is 26.3 Å². The second-order valence-corrected chi connectivity index (χ2v) is 5.84. The molecule has 3 heteroatoms. The highest BCUT2D eigenvalue weighted by Gasteiger charge is 2.01. The molecule has 0 saturated heterocycles. The van der Waals surface area contributed by atoms with E-state index in [0.717, 1.165) is 22.4 Å². The molecule has 0 heterocycles. The van der Waals surface area contributed by atoms with E-state index in [2.05, 4.69) is 59.4 Å². The summed E-state index contributed by atoms with van der Waals surface area (Å²) in [6, 6.07) is 14.5. The van der Waals surface area contributed by atoms with Crippen molar-refractivity contribution >= 4 is 27.3 Å². The Balaban J connectivity index is 2.02. The van der Waals surface area contributed by atoms with E-state index in [4.69, 9.17) is 5.73 Å². The van der Waals surface area contributed by atoms with E-state index in [1.165, 1.54) is 11.1 Å². The summed E-state index contributed by atoms with van der Waals surface area (Å²) < 4.78 is 0.992. The van der Waals surface area contributed by atoms with E-state index in [9.17, 15) is 0 Å². The number of anilines is 2. The van der Waals surface area contributed by atoms with Crippen LogP contribution in [0.5, 0.6) is 0 Å². The van der Waals surface area contributed by atoms with Crippen LogP contribution in [0.15, 0.2) is 46.9 Å². The minimum absolute atomic E-state index is 0.577. The van der Waals surface area contributed by atoms with Gasteiger partial charge in [0, 0.05) is 22.4 Å². The van der Waals surface area contributed by atoms with E-state index in [1.54, 1.807) is 0 Å². The zero-order valence-corrected chi connectivity index (χ0v) is 12.9. The maximum atomic E-state index is 5.72. The summed E-state index contributed by atoms with van der Waals surface area (Å²) in [4.78, 5) is 0. The third kappa shape index (κ3) is 3.74. The van der Waals surface area contributed by atoms with Crippen LogP contribution in [0.25, 0.3) is 0 Å². The van der Waals surface area contributed by atoms with Gasteiger partial charge >= 0.3 is 0 Å². The molecule has 0 aliphatic rings. The first-order valence-corrected chi connectivity index (χ1v) is 7.23. The standard InChI is InChI=1S/C16H19BrN2/c1-11(2)13-5-3-12(4-6-13)10-19-16-8-7-14(18)9-15(16)17/h3-9,11,19H,10,18H2,1-2H3. The molecule has 0 amide bonds. The Kier molecular flexibility index (Phi) is 4.48. The Bertz CT molecular complexity index is 547. The molecule has 2 nitrogen and oxygen atoms in total. The van der Waals surface area contributed by atoms with Crippen molar-refractivity contribution in [2.75, 3.05) is 11.1 Å². The highest BCUT2D eigenvalue weighted by molar-refractivity contribution is 9.10. The molecule has 0 aliphatic carbocycles. The van der Waals surface area contributed by atoms with Crippen LogP contribution in [0.1, 0.15) is 30.9 Å². The molecule has 2 aromatic carbocycles. The summed E-state index contributed by atoms with van der Waals surface area (Å²) in [5, 5.41) is 3.40. The van der Waals surface area contributed by atoms with Crippen LogP contribution >= 0.6 is 15.9 Å². The summed E-state index contributed by atoms with van der Waals surface area (Å²) in [6.45, 7) is 5.22. The largest absolute Gasteiger partial charge is 0.399 e. The van der Waals surface area contributed by atoms with Gasteiger partial charge in [-0.15, -0.1) is 0 Å². The number of nitrogens with two attached hydrogens (primary N) is 1. The van der Waals surface area contributed by atoms with E-state index in [0.29, 0.717) is 5.92 Å². The Morgan fingerprint density at radius 1 is 1.11 bits per heavy atom. The van der Waals surface area contributed by atoms with Gasteiger partial charge in [-0.3, -0.25) is 0 Å². The van der Waals surface area contributed by atoms with Crippen molar-refractivity contribution in [3.05, 3.63) is 58.1 Å². The highest BCUT2D eigenvalue weighted by Crippen LogP contribution is 2.25. The van der Waals surface area contributed by atoms with Crippen molar-refractivity contribution in [3.8, 4) is 0 Å². The molecule has 19 heavy (non-hydrogen) atoms.